The summed E-state index contributed by atoms with van der Waals surface area (Å²) in [6.07, 6.45) is 1.03. The zero-order chi connectivity index (χ0) is 13.8. The van der Waals surface area contributed by atoms with Crippen LogP contribution in [-0.2, 0) is 14.8 Å². The van der Waals surface area contributed by atoms with Crippen LogP contribution < -0.4 is 4.72 Å². The maximum atomic E-state index is 11.9. The first kappa shape index (κ1) is 15.6. The molecule has 1 rings (SSSR count). The standard InChI is InChI=1S/C10H14BrNO4S2/c1-7-8(6-9(11)17-7)18(15,16)12-5-3-2-4-10(13)14/h6,12H,2-5H2,1H3,(H,13,14). The number of rotatable bonds is 7. The Labute approximate surface area is 118 Å². The van der Waals surface area contributed by atoms with Crippen LogP contribution in [0.5, 0.6) is 0 Å². The van der Waals surface area contributed by atoms with Gasteiger partial charge in [-0.15, -0.1) is 11.3 Å². The van der Waals surface area contributed by atoms with Gasteiger partial charge in [-0.25, -0.2) is 13.1 Å². The number of thiophene rings is 1. The van der Waals surface area contributed by atoms with Crippen LogP contribution in [0.3, 0.4) is 0 Å². The zero-order valence-electron chi connectivity index (χ0n) is 9.77. The van der Waals surface area contributed by atoms with Gasteiger partial charge in [-0.3, -0.25) is 4.79 Å². The molecule has 0 radical (unpaired) electrons. The lowest BCUT2D eigenvalue weighted by Crippen LogP contribution is -2.25. The van der Waals surface area contributed by atoms with E-state index in [1.165, 1.54) is 11.3 Å². The molecule has 0 saturated heterocycles. The number of carboxylic acids is 1. The number of sulfonamides is 1. The summed E-state index contributed by atoms with van der Waals surface area (Å²) in [5.41, 5.74) is 0. The Morgan fingerprint density at radius 3 is 2.67 bits per heavy atom. The predicted molar refractivity (Wildman–Crippen MR) is 73.4 cm³/mol. The minimum atomic E-state index is -3.49. The van der Waals surface area contributed by atoms with E-state index in [0.717, 1.165) is 8.66 Å². The third kappa shape index (κ3) is 4.68. The quantitative estimate of drug-likeness (QED) is 0.735. The molecule has 1 aromatic heterocycles. The largest absolute Gasteiger partial charge is 0.481 e. The molecule has 0 amide bonds. The summed E-state index contributed by atoms with van der Waals surface area (Å²) >= 11 is 4.61. The highest BCUT2D eigenvalue weighted by Crippen LogP contribution is 2.29. The lowest BCUT2D eigenvalue weighted by Gasteiger charge is -2.05. The van der Waals surface area contributed by atoms with Gasteiger partial charge in [0, 0.05) is 17.8 Å². The van der Waals surface area contributed by atoms with E-state index in [9.17, 15) is 13.2 Å². The minimum Gasteiger partial charge on any atom is -0.481 e. The van der Waals surface area contributed by atoms with Crippen LogP contribution in [0.2, 0.25) is 0 Å². The van der Waals surface area contributed by atoms with E-state index >= 15 is 0 Å². The van der Waals surface area contributed by atoms with Crippen molar-refractivity contribution in [1.82, 2.24) is 4.72 Å². The number of aryl methyl sites for hydroxylation is 1. The highest BCUT2D eigenvalue weighted by molar-refractivity contribution is 9.11. The van der Waals surface area contributed by atoms with E-state index in [1.807, 2.05) is 0 Å². The number of carboxylic acid groups (broad SMARTS) is 1. The van der Waals surface area contributed by atoms with Crippen molar-refractivity contribution in [3.8, 4) is 0 Å². The lowest BCUT2D eigenvalue weighted by molar-refractivity contribution is -0.137. The van der Waals surface area contributed by atoms with Crippen LogP contribution in [0, 0.1) is 6.92 Å². The molecule has 0 aliphatic carbocycles. The van der Waals surface area contributed by atoms with Gasteiger partial charge < -0.3 is 5.11 Å². The summed E-state index contributed by atoms with van der Waals surface area (Å²) < 4.78 is 27.1. The molecule has 0 saturated carbocycles. The molecule has 0 unspecified atom stereocenters. The van der Waals surface area contributed by atoms with Gasteiger partial charge in [-0.2, -0.15) is 0 Å². The predicted octanol–water partition coefficient (Wildman–Crippen LogP) is 2.35. The Hall–Kier alpha value is -0.440. The molecule has 102 valence electrons. The first-order valence-corrected chi connectivity index (χ1v) is 8.39. The summed E-state index contributed by atoms with van der Waals surface area (Å²) in [4.78, 5) is 11.3. The van der Waals surface area contributed by atoms with E-state index in [2.05, 4.69) is 20.7 Å². The summed E-state index contributed by atoms with van der Waals surface area (Å²) in [5, 5.41) is 8.45. The monoisotopic (exact) mass is 355 g/mol. The Morgan fingerprint density at radius 1 is 1.50 bits per heavy atom. The van der Waals surface area contributed by atoms with Gasteiger partial charge in [0.05, 0.1) is 8.68 Å². The Kier molecular flexibility index (Phi) is 5.77. The first-order chi connectivity index (χ1) is 8.33. The average molecular weight is 356 g/mol. The zero-order valence-corrected chi connectivity index (χ0v) is 13.0. The van der Waals surface area contributed by atoms with Gasteiger partial charge in [0.15, 0.2) is 0 Å². The van der Waals surface area contributed by atoms with Crippen molar-refractivity contribution in [1.29, 1.82) is 0 Å². The Morgan fingerprint density at radius 2 is 2.17 bits per heavy atom. The van der Waals surface area contributed by atoms with Gasteiger partial charge in [-0.1, -0.05) is 0 Å². The van der Waals surface area contributed by atoms with Crippen LogP contribution in [0.1, 0.15) is 24.1 Å². The third-order valence-corrected chi connectivity index (χ3v) is 5.51. The molecule has 1 aromatic rings. The molecule has 1 heterocycles. The molecule has 0 bridgehead atoms. The second-order valence-corrected chi connectivity index (χ2v) is 8.09. The van der Waals surface area contributed by atoms with Gasteiger partial charge in [0.25, 0.3) is 0 Å². The van der Waals surface area contributed by atoms with E-state index in [0.29, 0.717) is 12.8 Å². The van der Waals surface area contributed by atoms with Crippen molar-refractivity contribution < 1.29 is 18.3 Å². The SMILES string of the molecule is Cc1sc(Br)cc1S(=O)(=O)NCCCCC(=O)O. The molecule has 0 aliphatic rings. The van der Waals surface area contributed by atoms with Crippen molar-refractivity contribution in [2.75, 3.05) is 6.54 Å². The fraction of sp³-hybridized carbons (Fsp3) is 0.500. The third-order valence-electron chi connectivity index (χ3n) is 2.24. The number of nitrogens with one attached hydrogen (secondary N) is 1. The lowest BCUT2D eigenvalue weighted by atomic mass is 10.2. The van der Waals surface area contributed by atoms with Crippen LogP contribution in [-0.4, -0.2) is 26.0 Å². The maximum absolute atomic E-state index is 11.9. The summed E-state index contributed by atoms with van der Waals surface area (Å²) in [5.74, 6) is -0.865. The maximum Gasteiger partial charge on any atom is 0.303 e. The second-order valence-electron chi connectivity index (χ2n) is 3.72. The van der Waals surface area contributed by atoms with Gasteiger partial charge in [-0.05, 0) is 41.8 Å². The molecule has 0 fully saturated rings. The minimum absolute atomic E-state index is 0.0603. The summed E-state index contributed by atoms with van der Waals surface area (Å²) in [6.45, 7) is 2.00. The number of hydrogen-bond donors (Lipinski definition) is 2. The fourth-order valence-electron chi connectivity index (χ4n) is 1.38. The molecule has 18 heavy (non-hydrogen) atoms. The number of unbranched alkanes of at least 4 members (excludes halogenated alkanes) is 1. The number of halogens is 1. The van der Waals surface area contributed by atoms with Crippen molar-refractivity contribution in [3.63, 3.8) is 0 Å². The van der Waals surface area contributed by atoms with Crippen LogP contribution in [0.15, 0.2) is 14.7 Å². The molecule has 0 spiro atoms. The average Bonchev–Trinajstić information content (AvgIpc) is 2.57. The van der Waals surface area contributed by atoms with Gasteiger partial charge in [0.1, 0.15) is 0 Å². The molecule has 0 aromatic carbocycles. The van der Waals surface area contributed by atoms with E-state index in [1.54, 1.807) is 13.0 Å². The second kappa shape index (κ2) is 6.65. The van der Waals surface area contributed by atoms with Crippen molar-refractivity contribution in [2.45, 2.75) is 31.1 Å². The van der Waals surface area contributed by atoms with Gasteiger partial charge >= 0.3 is 5.97 Å². The molecular formula is C10H14BrNO4S2. The van der Waals surface area contributed by atoms with Crippen LogP contribution in [0.25, 0.3) is 0 Å². The van der Waals surface area contributed by atoms with Crippen LogP contribution >= 0.6 is 27.3 Å². The Bertz CT molecular complexity index is 524. The Balaban J connectivity index is 2.51. The van der Waals surface area contributed by atoms with E-state index in [-0.39, 0.29) is 17.9 Å². The van der Waals surface area contributed by atoms with Crippen LogP contribution in [0.4, 0.5) is 0 Å². The molecule has 5 nitrogen and oxygen atoms in total. The van der Waals surface area contributed by atoms with Crippen molar-refractivity contribution in [3.05, 3.63) is 14.7 Å². The fourth-order valence-corrected chi connectivity index (χ4v) is 4.87. The number of aliphatic carboxylic acids is 1. The first-order valence-electron chi connectivity index (χ1n) is 5.30. The van der Waals surface area contributed by atoms with Crippen molar-refractivity contribution in [2.24, 2.45) is 0 Å². The van der Waals surface area contributed by atoms with E-state index < -0.39 is 16.0 Å². The number of hydrogen-bond acceptors (Lipinski definition) is 4. The van der Waals surface area contributed by atoms with Crippen molar-refractivity contribution >= 4 is 43.3 Å². The molecule has 2 N–H and O–H groups in total. The molecule has 8 heteroatoms. The molecule has 0 aliphatic heterocycles. The normalized spacial score (nSPS) is 11.7. The highest BCUT2D eigenvalue weighted by Gasteiger charge is 2.18. The smallest absolute Gasteiger partial charge is 0.303 e. The number of carbonyl (C=O) groups is 1. The molecular weight excluding hydrogens is 342 g/mol. The topological polar surface area (TPSA) is 83.5 Å². The summed E-state index contributed by atoms with van der Waals surface area (Å²) in [7, 11) is -3.49. The molecule has 0 atom stereocenters. The van der Waals surface area contributed by atoms with Gasteiger partial charge in [0.2, 0.25) is 10.0 Å². The highest BCUT2D eigenvalue weighted by atomic mass is 79.9. The summed E-state index contributed by atoms with van der Waals surface area (Å²) in [6, 6.07) is 1.57. The van der Waals surface area contributed by atoms with E-state index in [4.69, 9.17) is 5.11 Å².